The number of nitrogens with one attached hydrogen (secondary N) is 1. The van der Waals surface area contributed by atoms with Gasteiger partial charge < -0.3 is 5.32 Å². The molecule has 0 aliphatic rings. The van der Waals surface area contributed by atoms with Crippen LogP contribution in [0.2, 0.25) is 5.02 Å². The van der Waals surface area contributed by atoms with Gasteiger partial charge in [-0.2, -0.15) is 0 Å². The summed E-state index contributed by atoms with van der Waals surface area (Å²) in [5, 5.41) is 3.40. The highest BCUT2D eigenvalue weighted by atomic mass is 35.5. The van der Waals surface area contributed by atoms with E-state index in [0.717, 1.165) is 5.56 Å². The van der Waals surface area contributed by atoms with Crippen molar-refractivity contribution in [2.45, 2.75) is 0 Å². The van der Waals surface area contributed by atoms with Gasteiger partial charge in [-0.25, -0.2) is 14.4 Å². The number of amides is 1. The Balaban J connectivity index is 1.72. The number of nitrogens with zero attached hydrogens (tertiary/aromatic N) is 3. The van der Waals surface area contributed by atoms with Gasteiger partial charge in [-0.3, -0.25) is 9.20 Å². The molecule has 4 rings (SSSR count). The minimum absolute atomic E-state index is 0.333. The number of aromatic nitrogens is 3. The minimum Gasteiger partial charge on any atom is -0.320 e. The van der Waals surface area contributed by atoms with Crippen LogP contribution in [0.1, 0.15) is 10.5 Å². The molecule has 1 N–H and O–H groups in total. The lowest BCUT2D eigenvalue weighted by Gasteiger charge is -2.12. The minimum atomic E-state index is -0.396. The summed E-state index contributed by atoms with van der Waals surface area (Å²) >= 11 is 5.92. The van der Waals surface area contributed by atoms with E-state index in [1.54, 1.807) is 47.1 Å². The smallest absolute Gasteiger partial charge is 0.274 e. The lowest BCUT2D eigenvalue weighted by atomic mass is 10.0. The lowest BCUT2D eigenvalue weighted by Crippen LogP contribution is -2.15. The molecule has 2 aromatic heterocycles. The van der Waals surface area contributed by atoms with Crippen molar-refractivity contribution in [3.05, 3.63) is 83.7 Å². The fourth-order valence-electron chi connectivity index (χ4n) is 2.68. The van der Waals surface area contributed by atoms with Gasteiger partial charge in [0.1, 0.15) is 11.5 Å². The van der Waals surface area contributed by atoms with Gasteiger partial charge in [0.15, 0.2) is 0 Å². The van der Waals surface area contributed by atoms with Crippen molar-refractivity contribution in [3.63, 3.8) is 0 Å². The Kier molecular flexibility index (Phi) is 4.10. The maximum Gasteiger partial charge on any atom is 0.274 e. The van der Waals surface area contributed by atoms with E-state index in [1.165, 1.54) is 24.4 Å². The van der Waals surface area contributed by atoms with E-state index in [1.807, 2.05) is 0 Å². The number of carbonyl (C=O) groups is 1. The first-order chi connectivity index (χ1) is 12.6. The standard InChI is InChI=1S/C19H12ClFN4O/c20-13-4-2-12(3-5-13)15-10-14(21)6-7-16(15)24-18(26)17-11-23-19-22-8-1-9-25(17)19/h1-11H,(H,24,26). The van der Waals surface area contributed by atoms with Crippen molar-refractivity contribution in [1.29, 1.82) is 0 Å². The van der Waals surface area contributed by atoms with Crippen molar-refractivity contribution in [2.24, 2.45) is 0 Å². The van der Waals surface area contributed by atoms with E-state index >= 15 is 0 Å². The van der Waals surface area contributed by atoms with Gasteiger partial charge in [-0.15, -0.1) is 0 Å². The van der Waals surface area contributed by atoms with Crippen LogP contribution in [0.3, 0.4) is 0 Å². The number of imidazole rings is 1. The predicted molar refractivity (Wildman–Crippen MR) is 97.8 cm³/mol. The van der Waals surface area contributed by atoms with Crippen LogP contribution in [-0.2, 0) is 0 Å². The highest BCUT2D eigenvalue weighted by molar-refractivity contribution is 6.30. The molecule has 0 atom stereocenters. The quantitative estimate of drug-likeness (QED) is 0.583. The van der Waals surface area contributed by atoms with E-state index < -0.39 is 5.82 Å². The first-order valence-corrected chi connectivity index (χ1v) is 8.14. The zero-order valence-electron chi connectivity index (χ0n) is 13.4. The molecule has 2 aromatic carbocycles. The zero-order valence-corrected chi connectivity index (χ0v) is 14.1. The average Bonchev–Trinajstić information content (AvgIpc) is 3.08. The van der Waals surface area contributed by atoms with Crippen LogP contribution in [0, 0.1) is 5.82 Å². The summed E-state index contributed by atoms with van der Waals surface area (Å²) in [6, 6.07) is 12.9. The molecule has 128 valence electrons. The van der Waals surface area contributed by atoms with E-state index in [4.69, 9.17) is 11.6 Å². The van der Waals surface area contributed by atoms with Crippen LogP contribution in [0.4, 0.5) is 10.1 Å². The molecule has 0 bridgehead atoms. The third-order valence-corrected chi connectivity index (χ3v) is 4.16. The van der Waals surface area contributed by atoms with Crippen LogP contribution in [0.5, 0.6) is 0 Å². The van der Waals surface area contributed by atoms with Crippen LogP contribution < -0.4 is 5.32 Å². The Bertz CT molecular complexity index is 1110. The number of hydrogen-bond donors (Lipinski definition) is 1. The van der Waals surface area contributed by atoms with Crippen LogP contribution in [0.15, 0.2) is 67.1 Å². The number of anilines is 1. The summed E-state index contributed by atoms with van der Waals surface area (Å²) < 4.78 is 15.4. The summed E-state index contributed by atoms with van der Waals surface area (Å²) in [6.45, 7) is 0. The predicted octanol–water partition coefficient (Wildman–Crippen LogP) is 4.44. The number of carbonyl (C=O) groups excluding carboxylic acids is 1. The molecule has 4 aromatic rings. The van der Waals surface area contributed by atoms with Crippen LogP contribution in [0.25, 0.3) is 16.9 Å². The summed E-state index contributed by atoms with van der Waals surface area (Å²) in [5.41, 5.74) is 2.11. The number of halogens is 2. The monoisotopic (exact) mass is 366 g/mol. The topological polar surface area (TPSA) is 59.3 Å². The zero-order chi connectivity index (χ0) is 18.1. The Hall–Kier alpha value is -3.25. The molecule has 0 aliphatic carbocycles. The molecule has 0 spiro atoms. The Morgan fingerprint density at radius 3 is 2.73 bits per heavy atom. The van der Waals surface area contributed by atoms with Gasteiger partial charge in [0.25, 0.3) is 5.91 Å². The molecule has 0 aliphatic heterocycles. The summed E-state index contributed by atoms with van der Waals surface area (Å²) in [4.78, 5) is 20.9. The van der Waals surface area contributed by atoms with Crippen molar-refractivity contribution in [3.8, 4) is 11.1 Å². The van der Waals surface area contributed by atoms with Crippen LogP contribution in [-0.4, -0.2) is 20.3 Å². The summed E-state index contributed by atoms with van der Waals surface area (Å²) in [5.74, 6) is -0.339. The molecule has 0 unspecified atom stereocenters. The second-order valence-corrected chi connectivity index (χ2v) is 6.02. The third kappa shape index (κ3) is 3.02. The van der Waals surface area contributed by atoms with Crippen molar-refractivity contribution < 1.29 is 9.18 Å². The van der Waals surface area contributed by atoms with Gasteiger partial charge in [0.2, 0.25) is 5.78 Å². The second kappa shape index (κ2) is 6.57. The number of benzene rings is 2. The largest absolute Gasteiger partial charge is 0.320 e. The Morgan fingerprint density at radius 2 is 1.92 bits per heavy atom. The molecule has 0 saturated heterocycles. The number of fused-ring (bicyclic) bond motifs is 1. The van der Waals surface area contributed by atoms with Crippen molar-refractivity contribution in [1.82, 2.24) is 14.4 Å². The molecule has 7 heteroatoms. The van der Waals surface area contributed by atoms with Gasteiger partial charge in [-0.1, -0.05) is 23.7 Å². The molecule has 0 radical (unpaired) electrons. The summed E-state index contributed by atoms with van der Waals surface area (Å²) in [6.07, 6.45) is 4.75. The SMILES string of the molecule is O=C(Nc1ccc(F)cc1-c1ccc(Cl)cc1)c1cnc2ncccn12. The summed E-state index contributed by atoms with van der Waals surface area (Å²) in [7, 11) is 0. The highest BCUT2D eigenvalue weighted by Crippen LogP contribution is 2.30. The second-order valence-electron chi connectivity index (χ2n) is 5.58. The van der Waals surface area contributed by atoms with Gasteiger partial charge in [0, 0.05) is 28.7 Å². The molecule has 2 heterocycles. The Morgan fingerprint density at radius 1 is 1.12 bits per heavy atom. The molecule has 0 saturated carbocycles. The number of rotatable bonds is 3. The van der Waals surface area contributed by atoms with Gasteiger partial charge in [0.05, 0.1) is 6.20 Å². The van der Waals surface area contributed by atoms with Crippen molar-refractivity contribution >= 4 is 29.0 Å². The van der Waals surface area contributed by atoms with Crippen molar-refractivity contribution in [2.75, 3.05) is 5.32 Å². The molecular weight excluding hydrogens is 355 g/mol. The van der Waals surface area contributed by atoms with Gasteiger partial charge in [-0.05, 0) is 42.0 Å². The first-order valence-electron chi connectivity index (χ1n) is 7.77. The normalized spacial score (nSPS) is 10.8. The van der Waals surface area contributed by atoms with E-state index in [-0.39, 0.29) is 5.91 Å². The molecular formula is C19H12ClFN4O. The van der Waals surface area contributed by atoms with E-state index in [0.29, 0.717) is 27.7 Å². The highest BCUT2D eigenvalue weighted by Gasteiger charge is 2.15. The molecule has 5 nitrogen and oxygen atoms in total. The third-order valence-electron chi connectivity index (χ3n) is 3.91. The fourth-order valence-corrected chi connectivity index (χ4v) is 2.80. The van der Waals surface area contributed by atoms with Crippen LogP contribution >= 0.6 is 11.6 Å². The molecule has 0 fully saturated rings. The average molecular weight is 367 g/mol. The van der Waals surface area contributed by atoms with Gasteiger partial charge >= 0.3 is 0 Å². The maximum absolute atomic E-state index is 13.8. The van der Waals surface area contributed by atoms with E-state index in [9.17, 15) is 9.18 Å². The molecule has 1 amide bonds. The number of hydrogen-bond acceptors (Lipinski definition) is 3. The first kappa shape index (κ1) is 16.2. The fraction of sp³-hybridized carbons (Fsp3) is 0. The van der Waals surface area contributed by atoms with E-state index in [2.05, 4.69) is 15.3 Å². The lowest BCUT2D eigenvalue weighted by molar-refractivity contribution is 0.102. The Labute approximate surface area is 153 Å². The molecule has 26 heavy (non-hydrogen) atoms. The maximum atomic E-state index is 13.8.